The van der Waals surface area contributed by atoms with Crippen LogP contribution in [0.25, 0.3) is 0 Å². The number of hydrogen-bond donors (Lipinski definition) is 0. The Morgan fingerprint density at radius 1 is 1.58 bits per heavy atom. The first-order chi connectivity index (χ1) is 5.46. The van der Waals surface area contributed by atoms with E-state index in [0.717, 1.165) is 13.2 Å². The highest BCUT2D eigenvalue weighted by molar-refractivity contribution is 6.65. The fourth-order valence-corrected chi connectivity index (χ4v) is 0.493. The van der Waals surface area contributed by atoms with Crippen LogP contribution in [0.15, 0.2) is 12.7 Å². The van der Waals surface area contributed by atoms with Crippen LogP contribution in [0.5, 0.6) is 0 Å². The molecule has 0 N–H and O–H groups in total. The van der Waals surface area contributed by atoms with Gasteiger partial charge in [0.15, 0.2) is 0 Å². The smallest absolute Gasteiger partial charge is 0.438 e. The van der Waals surface area contributed by atoms with Gasteiger partial charge >= 0.3 is 6.16 Å². The lowest BCUT2D eigenvalue weighted by molar-refractivity contribution is -0.125. The largest absolute Gasteiger partial charge is 0.509 e. The molecule has 0 spiro atoms. The molecule has 0 aliphatic rings. The number of halogens is 1. The van der Waals surface area contributed by atoms with Gasteiger partial charge in [-0.15, -0.1) is 0 Å². The summed E-state index contributed by atoms with van der Waals surface area (Å²) in [6, 6.07) is 0. The summed E-state index contributed by atoms with van der Waals surface area (Å²) in [6.45, 7) is 4.62. The van der Waals surface area contributed by atoms with Crippen molar-refractivity contribution in [1.82, 2.24) is 0 Å². The minimum atomic E-state index is -1.52. The highest BCUT2D eigenvalue weighted by atomic mass is 35.5. The molecule has 0 aliphatic carbocycles. The highest BCUT2D eigenvalue weighted by Gasteiger charge is 2.33. The topological polar surface area (TPSA) is 52.6 Å². The molecule has 12 heavy (non-hydrogen) atoms. The first-order valence-electron chi connectivity index (χ1n) is 3.06. The molecule has 1 atom stereocenters. The Morgan fingerprint density at radius 2 is 2.08 bits per heavy atom. The molecule has 0 amide bonds. The lowest BCUT2D eigenvalue weighted by Gasteiger charge is -2.19. The summed E-state index contributed by atoms with van der Waals surface area (Å²) in [4.78, 5) is 21.3. The summed E-state index contributed by atoms with van der Waals surface area (Å²) < 4.78 is 8.72. The summed E-state index contributed by atoms with van der Waals surface area (Å²) in [5, 5.41) is -0.831. The maximum atomic E-state index is 10.7. The molecule has 68 valence electrons. The van der Waals surface area contributed by atoms with Crippen LogP contribution in [-0.2, 0) is 14.3 Å². The molecule has 0 rings (SSSR count). The molecule has 4 nitrogen and oxygen atoms in total. The Hall–Kier alpha value is -1.03. The van der Waals surface area contributed by atoms with Crippen molar-refractivity contribution in [2.24, 2.45) is 0 Å². The van der Waals surface area contributed by atoms with Crippen molar-refractivity contribution in [2.75, 3.05) is 7.11 Å². The van der Waals surface area contributed by atoms with Crippen LogP contribution in [0, 0.1) is 0 Å². The summed E-state index contributed by atoms with van der Waals surface area (Å²) in [5.74, 6) is 0. The van der Waals surface area contributed by atoms with Gasteiger partial charge in [-0.2, -0.15) is 0 Å². The zero-order valence-corrected chi connectivity index (χ0v) is 7.55. The van der Waals surface area contributed by atoms with Crippen LogP contribution >= 0.6 is 11.6 Å². The van der Waals surface area contributed by atoms with Crippen molar-refractivity contribution in [1.29, 1.82) is 0 Å². The van der Waals surface area contributed by atoms with Gasteiger partial charge in [0.2, 0.25) is 5.60 Å². The van der Waals surface area contributed by atoms with Crippen molar-refractivity contribution in [3.63, 3.8) is 0 Å². The third-order valence-corrected chi connectivity index (χ3v) is 1.62. The van der Waals surface area contributed by atoms with Gasteiger partial charge in [-0.25, -0.2) is 4.79 Å². The van der Waals surface area contributed by atoms with Gasteiger partial charge in [0.1, 0.15) is 0 Å². The van der Waals surface area contributed by atoms with Gasteiger partial charge in [-0.05, 0) is 24.6 Å². The normalized spacial score (nSPS) is 14.2. The Kier molecular flexibility index (Phi) is 3.76. The monoisotopic (exact) mass is 192 g/mol. The predicted octanol–water partition coefficient (Wildman–Crippen LogP) is 1.48. The Balaban J connectivity index is 4.45. The molecule has 5 heteroatoms. The van der Waals surface area contributed by atoms with Crippen LogP contribution in [0.1, 0.15) is 6.92 Å². The van der Waals surface area contributed by atoms with E-state index in [-0.39, 0.29) is 0 Å². The van der Waals surface area contributed by atoms with Crippen LogP contribution in [0.4, 0.5) is 4.79 Å². The van der Waals surface area contributed by atoms with Gasteiger partial charge in [0.25, 0.3) is 5.24 Å². The summed E-state index contributed by atoms with van der Waals surface area (Å²) in [5.41, 5.74) is -1.52. The van der Waals surface area contributed by atoms with Crippen LogP contribution in [-0.4, -0.2) is 24.1 Å². The van der Waals surface area contributed by atoms with Crippen molar-refractivity contribution >= 4 is 23.0 Å². The summed E-state index contributed by atoms with van der Waals surface area (Å²) in [7, 11) is 1.13. The van der Waals surface area contributed by atoms with Gasteiger partial charge in [-0.1, -0.05) is 6.58 Å². The standard InChI is InChI=1S/C7H9ClO4/c1-4-7(2,5(8)9)12-6(10)11-3/h4H,1H2,2-3H3. The summed E-state index contributed by atoms with van der Waals surface area (Å²) >= 11 is 5.14. The van der Waals surface area contributed by atoms with E-state index >= 15 is 0 Å². The minimum Gasteiger partial charge on any atom is -0.438 e. The summed E-state index contributed by atoms with van der Waals surface area (Å²) in [6.07, 6.45) is 0.144. The predicted molar refractivity (Wildman–Crippen MR) is 43.0 cm³/mol. The Morgan fingerprint density at radius 3 is 2.33 bits per heavy atom. The molecule has 0 saturated carbocycles. The fraction of sp³-hybridized carbons (Fsp3) is 0.429. The van der Waals surface area contributed by atoms with Crippen molar-refractivity contribution in [3.8, 4) is 0 Å². The van der Waals surface area contributed by atoms with E-state index < -0.39 is 17.0 Å². The maximum absolute atomic E-state index is 10.7. The average Bonchev–Trinajstić information content (AvgIpc) is 2.03. The first-order valence-corrected chi connectivity index (χ1v) is 3.44. The van der Waals surface area contributed by atoms with E-state index in [0.29, 0.717) is 0 Å². The van der Waals surface area contributed by atoms with E-state index in [2.05, 4.69) is 16.1 Å². The van der Waals surface area contributed by atoms with Crippen LogP contribution in [0.2, 0.25) is 0 Å². The lowest BCUT2D eigenvalue weighted by Crippen LogP contribution is -2.35. The quantitative estimate of drug-likeness (QED) is 0.386. The average molecular weight is 193 g/mol. The number of carbonyl (C=O) groups is 2. The Bertz CT molecular complexity index is 213. The SMILES string of the molecule is C=CC(C)(OC(=O)OC)C(=O)Cl. The first kappa shape index (κ1) is 11.0. The van der Waals surface area contributed by atoms with Gasteiger partial charge in [-0.3, -0.25) is 4.79 Å². The zero-order valence-electron chi connectivity index (χ0n) is 6.80. The molecular weight excluding hydrogens is 184 g/mol. The van der Waals surface area contributed by atoms with Gasteiger partial charge < -0.3 is 9.47 Å². The highest BCUT2D eigenvalue weighted by Crippen LogP contribution is 2.16. The van der Waals surface area contributed by atoms with Crippen molar-refractivity contribution in [3.05, 3.63) is 12.7 Å². The van der Waals surface area contributed by atoms with E-state index in [1.54, 1.807) is 0 Å². The van der Waals surface area contributed by atoms with Gasteiger partial charge in [0.05, 0.1) is 7.11 Å². The second-order valence-electron chi connectivity index (χ2n) is 2.14. The fourth-order valence-electron chi connectivity index (χ4n) is 0.377. The number of rotatable bonds is 3. The number of carbonyl (C=O) groups excluding carboxylic acids is 2. The van der Waals surface area contributed by atoms with Crippen LogP contribution in [0.3, 0.4) is 0 Å². The lowest BCUT2D eigenvalue weighted by atomic mass is 10.1. The minimum absolute atomic E-state index is 0.831. The third kappa shape index (κ3) is 2.54. The van der Waals surface area contributed by atoms with E-state index in [1.165, 1.54) is 6.92 Å². The maximum Gasteiger partial charge on any atom is 0.509 e. The number of methoxy groups -OCH3 is 1. The zero-order chi connectivity index (χ0) is 9.78. The second kappa shape index (κ2) is 4.11. The molecule has 0 fully saturated rings. The Labute approximate surface area is 75.1 Å². The molecule has 0 radical (unpaired) electrons. The van der Waals surface area contributed by atoms with Crippen LogP contribution < -0.4 is 0 Å². The molecule has 0 heterocycles. The van der Waals surface area contributed by atoms with Crippen molar-refractivity contribution in [2.45, 2.75) is 12.5 Å². The molecular formula is C7H9ClO4. The molecule has 0 bridgehead atoms. The van der Waals surface area contributed by atoms with E-state index in [4.69, 9.17) is 11.6 Å². The molecule has 0 saturated heterocycles. The molecule has 0 aromatic carbocycles. The molecule has 0 aliphatic heterocycles. The van der Waals surface area contributed by atoms with Crippen molar-refractivity contribution < 1.29 is 19.1 Å². The molecule has 0 aromatic rings. The second-order valence-corrected chi connectivity index (χ2v) is 2.48. The molecule has 0 aromatic heterocycles. The third-order valence-electron chi connectivity index (χ3n) is 1.24. The van der Waals surface area contributed by atoms with Gasteiger partial charge in [0, 0.05) is 0 Å². The van der Waals surface area contributed by atoms with E-state index in [9.17, 15) is 9.59 Å². The molecule has 1 unspecified atom stereocenters. The van der Waals surface area contributed by atoms with E-state index in [1.807, 2.05) is 0 Å². The number of hydrogen-bond acceptors (Lipinski definition) is 4. The number of ether oxygens (including phenoxy) is 2.